The molecule has 0 N–H and O–H groups in total. The fourth-order valence-corrected chi connectivity index (χ4v) is 4.51. The predicted molar refractivity (Wildman–Crippen MR) is 93.6 cm³/mol. The molecule has 0 atom stereocenters. The van der Waals surface area contributed by atoms with E-state index in [-0.39, 0.29) is 10.6 Å². The number of nitro groups is 1. The van der Waals surface area contributed by atoms with Crippen molar-refractivity contribution in [3.63, 3.8) is 0 Å². The summed E-state index contributed by atoms with van der Waals surface area (Å²) in [6, 6.07) is 5.14. The first-order valence-electron chi connectivity index (χ1n) is 7.76. The lowest BCUT2D eigenvalue weighted by molar-refractivity contribution is -0.385. The summed E-state index contributed by atoms with van der Waals surface area (Å²) < 4.78 is 32.0. The predicted octanol–water partition coefficient (Wildman–Crippen LogP) is 0.476. The van der Waals surface area contributed by atoms with Crippen molar-refractivity contribution in [2.75, 3.05) is 46.0 Å². The topological polar surface area (TPSA) is 96.2 Å². The number of nitro benzene ring substituents is 1. The molecule has 1 aromatic carbocycles. The van der Waals surface area contributed by atoms with E-state index in [4.69, 9.17) is 17.0 Å². The van der Waals surface area contributed by atoms with E-state index in [1.807, 2.05) is 4.90 Å². The van der Waals surface area contributed by atoms with Crippen molar-refractivity contribution in [2.24, 2.45) is 0 Å². The molecule has 25 heavy (non-hydrogen) atoms. The Morgan fingerprint density at radius 2 is 1.92 bits per heavy atom. The third kappa shape index (κ3) is 3.89. The van der Waals surface area contributed by atoms with Crippen LogP contribution in [0.5, 0.6) is 0 Å². The van der Waals surface area contributed by atoms with Crippen LogP contribution in [0.1, 0.15) is 0 Å². The van der Waals surface area contributed by atoms with Crippen LogP contribution in [0.15, 0.2) is 29.2 Å². The molecule has 2 heterocycles. The van der Waals surface area contributed by atoms with E-state index in [1.165, 1.54) is 22.5 Å². The van der Waals surface area contributed by atoms with Gasteiger partial charge in [0.2, 0.25) is 10.0 Å². The van der Waals surface area contributed by atoms with Crippen LogP contribution in [0.3, 0.4) is 0 Å². The maximum Gasteiger partial charge on any atom is 0.270 e. The second-order valence-corrected chi connectivity index (χ2v) is 8.08. The van der Waals surface area contributed by atoms with Crippen LogP contribution in [0.25, 0.3) is 0 Å². The van der Waals surface area contributed by atoms with E-state index < -0.39 is 14.9 Å². The van der Waals surface area contributed by atoms with Crippen molar-refractivity contribution < 1.29 is 18.1 Å². The summed E-state index contributed by atoms with van der Waals surface area (Å²) >= 11 is 5.10. The van der Waals surface area contributed by atoms with Crippen LogP contribution in [0.4, 0.5) is 5.69 Å². The van der Waals surface area contributed by atoms with Crippen molar-refractivity contribution >= 4 is 33.1 Å². The lowest BCUT2D eigenvalue weighted by Crippen LogP contribution is -2.51. The van der Waals surface area contributed by atoms with Gasteiger partial charge < -0.3 is 9.64 Å². The van der Waals surface area contributed by atoms with E-state index in [9.17, 15) is 18.5 Å². The van der Waals surface area contributed by atoms with Crippen LogP contribution in [-0.4, -0.2) is 78.6 Å². The first kappa shape index (κ1) is 18.0. The van der Waals surface area contributed by atoms with Gasteiger partial charge in [-0.05, 0) is 18.3 Å². The molecule has 3 rings (SSSR count). The normalized spacial score (nSPS) is 19.8. The summed E-state index contributed by atoms with van der Waals surface area (Å²) in [4.78, 5) is 14.3. The standard InChI is InChI=1S/C14H18N4O5S2/c19-18(20)12-2-1-3-13(10-12)25(21,22)17-6-4-15(5-7-17)11-16-8-9-23-14(16)24/h1-3,10H,4-9,11H2. The van der Waals surface area contributed by atoms with Gasteiger partial charge in [-0.1, -0.05) is 6.07 Å². The lowest BCUT2D eigenvalue weighted by atomic mass is 10.3. The van der Waals surface area contributed by atoms with Gasteiger partial charge in [-0.15, -0.1) is 0 Å². The lowest BCUT2D eigenvalue weighted by Gasteiger charge is -2.35. The van der Waals surface area contributed by atoms with Gasteiger partial charge in [0.05, 0.1) is 23.0 Å². The molecule has 0 amide bonds. The van der Waals surface area contributed by atoms with E-state index in [1.54, 1.807) is 0 Å². The molecule has 2 aliphatic rings. The monoisotopic (exact) mass is 386 g/mol. The van der Waals surface area contributed by atoms with E-state index in [0.29, 0.717) is 44.6 Å². The van der Waals surface area contributed by atoms with Crippen molar-refractivity contribution in [3.8, 4) is 0 Å². The Hall–Kier alpha value is -1.82. The van der Waals surface area contributed by atoms with Crippen molar-refractivity contribution in [3.05, 3.63) is 34.4 Å². The molecule has 2 fully saturated rings. The fraction of sp³-hybridized carbons (Fsp3) is 0.500. The van der Waals surface area contributed by atoms with Crippen LogP contribution in [-0.2, 0) is 14.8 Å². The first-order chi connectivity index (χ1) is 11.9. The highest BCUT2D eigenvalue weighted by molar-refractivity contribution is 7.89. The van der Waals surface area contributed by atoms with E-state index >= 15 is 0 Å². The smallest absolute Gasteiger partial charge is 0.270 e. The largest absolute Gasteiger partial charge is 0.469 e. The minimum Gasteiger partial charge on any atom is -0.469 e. The summed E-state index contributed by atoms with van der Waals surface area (Å²) in [5.41, 5.74) is -0.234. The van der Waals surface area contributed by atoms with Crippen LogP contribution >= 0.6 is 12.2 Å². The molecule has 1 aromatic rings. The zero-order valence-electron chi connectivity index (χ0n) is 13.4. The zero-order valence-corrected chi connectivity index (χ0v) is 15.0. The second kappa shape index (κ2) is 7.20. The summed E-state index contributed by atoms with van der Waals surface area (Å²) in [6.45, 7) is 3.72. The van der Waals surface area contributed by atoms with Crippen LogP contribution in [0, 0.1) is 10.1 Å². The van der Waals surface area contributed by atoms with Gasteiger partial charge in [-0.25, -0.2) is 8.42 Å². The van der Waals surface area contributed by atoms with Gasteiger partial charge >= 0.3 is 0 Å². The van der Waals surface area contributed by atoms with Gasteiger partial charge in [0.25, 0.3) is 10.9 Å². The number of piperazine rings is 1. The zero-order chi connectivity index (χ0) is 18.0. The number of rotatable bonds is 5. The summed E-state index contributed by atoms with van der Waals surface area (Å²) in [5, 5.41) is 11.3. The molecule has 0 spiro atoms. The second-order valence-electron chi connectivity index (χ2n) is 5.80. The van der Waals surface area contributed by atoms with Gasteiger partial charge in [-0.3, -0.25) is 15.0 Å². The minimum absolute atomic E-state index is 0.0516. The summed E-state index contributed by atoms with van der Waals surface area (Å²) in [5.74, 6) is 0. The number of thiocarbonyl (C=S) groups is 1. The molecule has 0 radical (unpaired) electrons. The maximum absolute atomic E-state index is 12.7. The molecule has 0 aliphatic carbocycles. The van der Waals surface area contributed by atoms with Gasteiger partial charge in [0.1, 0.15) is 6.61 Å². The molecule has 0 unspecified atom stereocenters. The minimum atomic E-state index is -3.74. The first-order valence-corrected chi connectivity index (χ1v) is 9.61. The van der Waals surface area contributed by atoms with Crippen LogP contribution in [0.2, 0.25) is 0 Å². The number of hydrogen-bond donors (Lipinski definition) is 0. The highest BCUT2D eigenvalue weighted by atomic mass is 32.2. The number of ether oxygens (including phenoxy) is 1. The fourth-order valence-electron chi connectivity index (χ4n) is 2.81. The molecule has 2 saturated heterocycles. The molecule has 136 valence electrons. The third-order valence-corrected chi connectivity index (χ3v) is 6.48. The Balaban J connectivity index is 1.64. The van der Waals surface area contributed by atoms with Crippen molar-refractivity contribution in [2.45, 2.75) is 4.90 Å². The third-order valence-electron chi connectivity index (χ3n) is 4.21. The Kier molecular flexibility index (Phi) is 5.18. The quantitative estimate of drug-likeness (QED) is 0.409. The average molecular weight is 386 g/mol. The molecular weight excluding hydrogens is 368 g/mol. The van der Waals surface area contributed by atoms with Crippen LogP contribution < -0.4 is 0 Å². The van der Waals surface area contributed by atoms with Gasteiger partial charge in [0.15, 0.2) is 0 Å². The Morgan fingerprint density at radius 3 is 2.52 bits per heavy atom. The SMILES string of the molecule is O=[N+]([O-])c1cccc(S(=O)(=O)N2CCN(CN3CCOC3=S)CC2)c1. The molecule has 0 saturated carbocycles. The Morgan fingerprint density at radius 1 is 1.20 bits per heavy atom. The molecule has 9 nitrogen and oxygen atoms in total. The molecule has 2 aliphatic heterocycles. The molecular formula is C14H18N4O5S2. The highest BCUT2D eigenvalue weighted by Gasteiger charge is 2.30. The maximum atomic E-state index is 12.7. The van der Waals surface area contributed by atoms with Gasteiger partial charge in [0, 0.05) is 38.3 Å². The number of benzene rings is 1. The van der Waals surface area contributed by atoms with Crippen molar-refractivity contribution in [1.82, 2.24) is 14.1 Å². The summed E-state index contributed by atoms with van der Waals surface area (Å²) in [7, 11) is -3.74. The van der Waals surface area contributed by atoms with Crippen molar-refractivity contribution in [1.29, 1.82) is 0 Å². The number of sulfonamides is 1. The Labute approximate surface area is 151 Å². The average Bonchev–Trinajstić information content (AvgIpc) is 3.00. The van der Waals surface area contributed by atoms with Gasteiger partial charge in [-0.2, -0.15) is 4.31 Å². The number of nitrogens with zero attached hydrogens (tertiary/aromatic N) is 4. The Bertz CT molecular complexity index is 777. The molecule has 11 heteroatoms. The number of hydrogen-bond acceptors (Lipinski definition) is 7. The summed E-state index contributed by atoms with van der Waals surface area (Å²) in [6.07, 6.45) is 0. The number of non-ortho nitro benzene ring substituents is 1. The molecule has 0 aromatic heterocycles. The highest BCUT2D eigenvalue weighted by Crippen LogP contribution is 2.22. The molecule has 0 bridgehead atoms. The van der Waals surface area contributed by atoms with E-state index in [0.717, 1.165) is 12.6 Å². The van der Waals surface area contributed by atoms with E-state index in [2.05, 4.69) is 4.90 Å².